The Hall–Kier alpha value is -0.830. The average molecular weight is 191 g/mol. The lowest BCUT2D eigenvalue weighted by Crippen LogP contribution is -2.41. The third-order valence-corrected chi connectivity index (χ3v) is 3.64. The van der Waals surface area contributed by atoms with E-state index >= 15 is 0 Å². The van der Waals surface area contributed by atoms with E-state index in [0.717, 1.165) is 19.0 Å². The molecule has 0 radical (unpaired) electrons. The van der Waals surface area contributed by atoms with E-state index < -0.39 is 0 Å². The average Bonchev–Trinajstić information content (AvgIpc) is 2.83. The molecule has 1 N–H and O–H groups in total. The van der Waals surface area contributed by atoms with Crippen LogP contribution in [-0.4, -0.2) is 22.6 Å². The number of rotatable bonds is 3. The highest BCUT2D eigenvalue weighted by Crippen LogP contribution is 2.40. The minimum Gasteiger partial charge on any atom is -0.331 e. The molecular weight excluding hydrogens is 174 g/mol. The van der Waals surface area contributed by atoms with Crippen molar-refractivity contribution in [2.24, 2.45) is 5.92 Å². The third-order valence-electron chi connectivity index (χ3n) is 3.64. The van der Waals surface area contributed by atoms with Crippen LogP contribution in [0.15, 0.2) is 12.5 Å². The molecule has 2 heterocycles. The first-order chi connectivity index (χ1) is 6.86. The summed E-state index contributed by atoms with van der Waals surface area (Å²) in [5, 5.41) is 3.32. The molecule has 1 aliphatic carbocycles. The molecule has 2 fully saturated rings. The van der Waals surface area contributed by atoms with Crippen LogP contribution in [0.1, 0.15) is 37.4 Å². The van der Waals surface area contributed by atoms with Crippen molar-refractivity contribution in [1.29, 1.82) is 0 Å². The Kier molecular flexibility index (Phi) is 1.87. The fourth-order valence-corrected chi connectivity index (χ4v) is 2.27. The van der Waals surface area contributed by atoms with Crippen molar-refractivity contribution in [2.45, 2.75) is 31.7 Å². The van der Waals surface area contributed by atoms with Gasteiger partial charge in [-0.25, -0.2) is 4.98 Å². The van der Waals surface area contributed by atoms with Gasteiger partial charge in [-0.2, -0.15) is 0 Å². The summed E-state index contributed by atoms with van der Waals surface area (Å²) in [6.07, 6.45) is 6.87. The summed E-state index contributed by atoms with van der Waals surface area (Å²) in [6, 6.07) is 0.660. The SMILES string of the molecule is CC(C1CC1)n1cncc1C1CNC1. The second-order valence-corrected chi connectivity index (χ2v) is 4.66. The Balaban J connectivity index is 1.84. The van der Waals surface area contributed by atoms with Crippen molar-refractivity contribution >= 4 is 0 Å². The fourth-order valence-electron chi connectivity index (χ4n) is 2.27. The molecule has 2 aliphatic rings. The molecule has 3 nitrogen and oxygen atoms in total. The highest BCUT2D eigenvalue weighted by Gasteiger charge is 2.32. The number of aromatic nitrogens is 2. The van der Waals surface area contributed by atoms with Gasteiger partial charge in [0.1, 0.15) is 0 Å². The van der Waals surface area contributed by atoms with E-state index in [9.17, 15) is 0 Å². The van der Waals surface area contributed by atoms with Gasteiger partial charge in [0.25, 0.3) is 0 Å². The second kappa shape index (κ2) is 3.09. The minimum absolute atomic E-state index is 0.660. The number of nitrogens with one attached hydrogen (secondary N) is 1. The van der Waals surface area contributed by atoms with E-state index in [1.165, 1.54) is 18.5 Å². The highest BCUT2D eigenvalue weighted by atomic mass is 15.1. The molecule has 76 valence electrons. The molecule has 1 saturated heterocycles. The molecule has 1 unspecified atom stereocenters. The van der Waals surface area contributed by atoms with E-state index in [1.807, 2.05) is 12.5 Å². The molecule has 3 heteroatoms. The van der Waals surface area contributed by atoms with Crippen LogP contribution in [0, 0.1) is 5.92 Å². The van der Waals surface area contributed by atoms with E-state index in [4.69, 9.17) is 0 Å². The summed E-state index contributed by atoms with van der Waals surface area (Å²) >= 11 is 0. The van der Waals surface area contributed by atoms with Crippen molar-refractivity contribution < 1.29 is 0 Å². The number of imidazole rings is 1. The first kappa shape index (κ1) is 8.48. The maximum absolute atomic E-state index is 4.29. The van der Waals surface area contributed by atoms with Crippen molar-refractivity contribution in [3.63, 3.8) is 0 Å². The normalized spacial score (nSPS) is 24.6. The van der Waals surface area contributed by atoms with Gasteiger partial charge < -0.3 is 9.88 Å². The van der Waals surface area contributed by atoms with Crippen molar-refractivity contribution in [3.05, 3.63) is 18.2 Å². The molecule has 0 aromatic carbocycles. The van der Waals surface area contributed by atoms with Gasteiger partial charge >= 0.3 is 0 Å². The molecule has 1 atom stereocenters. The number of hydrogen-bond acceptors (Lipinski definition) is 2. The highest BCUT2D eigenvalue weighted by molar-refractivity contribution is 5.13. The Morgan fingerprint density at radius 2 is 2.29 bits per heavy atom. The molecule has 14 heavy (non-hydrogen) atoms. The van der Waals surface area contributed by atoms with Crippen LogP contribution in [0.25, 0.3) is 0 Å². The number of hydrogen-bond donors (Lipinski definition) is 1. The third kappa shape index (κ3) is 1.27. The van der Waals surface area contributed by atoms with Gasteiger partial charge in [0.15, 0.2) is 0 Å². The Morgan fingerprint density at radius 1 is 1.50 bits per heavy atom. The van der Waals surface area contributed by atoms with Gasteiger partial charge in [-0.1, -0.05) is 0 Å². The van der Waals surface area contributed by atoms with Crippen molar-refractivity contribution in [2.75, 3.05) is 13.1 Å². The van der Waals surface area contributed by atoms with E-state index in [2.05, 4.69) is 21.8 Å². The smallest absolute Gasteiger partial charge is 0.0950 e. The first-order valence-corrected chi connectivity index (χ1v) is 5.58. The van der Waals surface area contributed by atoms with Crippen LogP contribution >= 0.6 is 0 Å². The number of nitrogens with zero attached hydrogens (tertiary/aromatic N) is 2. The van der Waals surface area contributed by atoms with Gasteiger partial charge in [0.05, 0.1) is 6.33 Å². The van der Waals surface area contributed by atoms with Crippen LogP contribution in [0.4, 0.5) is 0 Å². The molecule has 1 aromatic rings. The van der Waals surface area contributed by atoms with Crippen LogP contribution in [0.2, 0.25) is 0 Å². The molecule has 3 rings (SSSR count). The summed E-state index contributed by atoms with van der Waals surface area (Å²) < 4.78 is 2.39. The lowest BCUT2D eigenvalue weighted by molar-refractivity contribution is 0.394. The predicted molar refractivity (Wildman–Crippen MR) is 55.3 cm³/mol. The molecule has 0 bridgehead atoms. The van der Waals surface area contributed by atoms with Gasteiger partial charge in [0, 0.05) is 36.9 Å². The summed E-state index contributed by atoms with van der Waals surface area (Å²) in [4.78, 5) is 4.29. The quantitative estimate of drug-likeness (QED) is 0.785. The monoisotopic (exact) mass is 191 g/mol. The standard InChI is InChI=1S/C11H17N3/c1-8(9-2-3-9)14-7-13-6-11(14)10-4-12-5-10/h6-10,12H,2-5H2,1H3. The van der Waals surface area contributed by atoms with E-state index in [1.54, 1.807) is 0 Å². The Labute approximate surface area is 84.5 Å². The minimum atomic E-state index is 0.660. The van der Waals surface area contributed by atoms with Crippen LogP contribution in [0.3, 0.4) is 0 Å². The zero-order valence-electron chi connectivity index (χ0n) is 8.61. The maximum Gasteiger partial charge on any atom is 0.0950 e. The molecule has 0 amide bonds. The Bertz CT molecular complexity index is 323. The molecular formula is C11H17N3. The van der Waals surface area contributed by atoms with Crippen LogP contribution < -0.4 is 5.32 Å². The van der Waals surface area contributed by atoms with Gasteiger partial charge in [0.2, 0.25) is 0 Å². The maximum atomic E-state index is 4.29. The Morgan fingerprint density at radius 3 is 2.86 bits per heavy atom. The van der Waals surface area contributed by atoms with Gasteiger partial charge in [-0.3, -0.25) is 0 Å². The lowest BCUT2D eigenvalue weighted by Gasteiger charge is -2.29. The molecule has 1 saturated carbocycles. The van der Waals surface area contributed by atoms with Crippen LogP contribution in [0.5, 0.6) is 0 Å². The van der Waals surface area contributed by atoms with Crippen LogP contribution in [-0.2, 0) is 0 Å². The predicted octanol–water partition coefficient (Wildman–Crippen LogP) is 1.54. The largest absolute Gasteiger partial charge is 0.331 e. The summed E-state index contributed by atoms with van der Waals surface area (Å²) in [5.74, 6) is 1.62. The molecule has 1 aromatic heterocycles. The molecule has 0 spiro atoms. The summed E-state index contributed by atoms with van der Waals surface area (Å²) in [5.41, 5.74) is 1.43. The zero-order valence-corrected chi connectivity index (χ0v) is 8.61. The zero-order chi connectivity index (χ0) is 9.54. The first-order valence-electron chi connectivity index (χ1n) is 5.58. The van der Waals surface area contributed by atoms with E-state index in [-0.39, 0.29) is 0 Å². The molecule has 1 aliphatic heterocycles. The van der Waals surface area contributed by atoms with Gasteiger partial charge in [-0.05, 0) is 25.7 Å². The topological polar surface area (TPSA) is 29.9 Å². The lowest BCUT2D eigenvalue weighted by atomic mass is 9.99. The fraction of sp³-hybridized carbons (Fsp3) is 0.727. The van der Waals surface area contributed by atoms with Crippen molar-refractivity contribution in [3.8, 4) is 0 Å². The van der Waals surface area contributed by atoms with E-state index in [0.29, 0.717) is 12.0 Å². The van der Waals surface area contributed by atoms with Gasteiger partial charge in [-0.15, -0.1) is 0 Å². The van der Waals surface area contributed by atoms with Crippen molar-refractivity contribution in [1.82, 2.24) is 14.9 Å². The summed E-state index contributed by atoms with van der Waals surface area (Å²) in [7, 11) is 0. The second-order valence-electron chi connectivity index (χ2n) is 4.66. The summed E-state index contributed by atoms with van der Waals surface area (Å²) in [6.45, 7) is 4.58.